The number of nitrogens with one attached hydrogen (secondary N) is 3. The monoisotopic (exact) mass is 489 g/mol. The molecule has 2 aromatic heterocycles. The molecular weight excluding hydrogens is 462 g/mol. The fourth-order valence-electron chi connectivity index (χ4n) is 3.34. The van der Waals surface area contributed by atoms with Gasteiger partial charge in [-0.15, -0.1) is 11.3 Å². The zero-order valence-corrected chi connectivity index (χ0v) is 20.6. The standard InChI is InChI=1S/C25H27N7O2S/c1-17-14-19(27-12-13-31(2)3)6-9-21(17)30-25(34)23-11-10-22(35-23)24(33)29-18-4-7-20(8-5-18)32-16-26-15-28-32/h4-11,14-16,27H,12-13H2,1-3H3,(H,29,33)(H,30,34). The number of hydrogen-bond acceptors (Lipinski definition) is 7. The number of aromatic nitrogens is 3. The van der Waals surface area contributed by atoms with E-state index < -0.39 is 0 Å². The smallest absolute Gasteiger partial charge is 0.265 e. The molecule has 180 valence electrons. The van der Waals surface area contributed by atoms with Gasteiger partial charge in [-0.2, -0.15) is 5.10 Å². The summed E-state index contributed by atoms with van der Waals surface area (Å²) in [7, 11) is 4.06. The Kier molecular flexibility index (Phi) is 7.54. The number of amides is 2. The SMILES string of the molecule is Cc1cc(NCCN(C)C)ccc1NC(=O)c1ccc(C(=O)Nc2ccc(-n3cncn3)cc2)s1. The number of thiophene rings is 1. The van der Waals surface area contributed by atoms with Crippen molar-refractivity contribution in [3.63, 3.8) is 0 Å². The Bertz CT molecular complexity index is 1300. The van der Waals surface area contributed by atoms with Crippen molar-refractivity contribution in [1.82, 2.24) is 19.7 Å². The number of likely N-dealkylation sites (N-methyl/N-ethyl adjacent to an activating group) is 1. The maximum atomic E-state index is 12.8. The van der Waals surface area contributed by atoms with Crippen LogP contribution in [0.2, 0.25) is 0 Å². The van der Waals surface area contributed by atoms with E-state index in [1.165, 1.54) is 6.33 Å². The summed E-state index contributed by atoms with van der Waals surface area (Å²) in [6.07, 6.45) is 3.06. The van der Waals surface area contributed by atoms with Gasteiger partial charge in [0.2, 0.25) is 0 Å². The molecule has 0 aliphatic rings. The second-order valence-corrected chi connectivity index (χ2v) is 9.30. The summed E-state index contributed by atoms with van der Waals surface area (Å²) in [5, 5.41) is 13.2. The molecule has 4 rings (SSSR count). The summed E-state index contributed by atoms with van der Waals surface area (Å²) in [6.45, 7) is 3.72. The van der Waals surface area contributed by atoms with E-state index in [2.05, 4.69) is 30.9 Å². The fourth-order valence-corrected chi connectivity index (χ4v) is 4.13. The second kappa shape index (κ2) is 10.9. The normalized spacial score (nSPS) is 10.9. The minimum absolute atomic E-state index is 0.248. The molecule has 0 saturated carbocycles. The van der Waals surface area contributed by atoms with Gasteiger partial charge in [0.05, 0.1) is 15.4 Å². The lowest BCUT2D eigenvalue weighted by Gasteiger charge is -2.13. The number of carbonyl (C=O) groups excluding carboxylic acids is 2. The Balaban J connectivity index is 1.34. The largest absolute Gasteiger partial charge is 0.384 e. The highest BCUT2D eigenvalue weighted by Crippen LogP contribution is 2.23. The summed E-state index contributed by atoms with van der Waals surface area (Å²) >= 11 is 1.15. The van der Waals surface area contributed by atoms with Crippen LogP contribution in [-0.2, 0) is 0 Å². The van der Waals surface area contributed by atoms with Crippen LogP contribution in [0.5, 0.6) is 0 Å². The molecule has 0 fully saturated rings. The van der Waals surface area contributed by atoms with E-state index in [-0.39, 0.29) is 11.8 Å². The van der Waals surface area contributed by atoms with Crippen molar-refractivity contribution < 1.29 is 9.59 Å². The number of hydrogen-bond donors (Lipinski definition) is 3. The number of anilines is 3. The molecule has 2 amide bonds. The van der Waals surface area contributed by atoms with Crippen LogP contribution in [0, 0.1) is 6.92 Å². The van der Waals surface area contributed by atoms with Crippen molar-refractivity contribution in [3.05, 3.63) is 82.6 Å². The Morgan fingerprint density at radius 1 is 0.943 bits per heavy atom. The quantitative estimate of drug-likeness (QED) is 0.327. The van der Waals surface area contributed by atoms with E-state index in [4.69, 9.17) is 0 Å². The van der Waals surface area contributed by atoms with E-state index in [0.29, 0.717) is 15.4 Å². The molecule has 0 unspecified atom stereocenters. The van der Waals surface area contributed by atoms with Gasteiger partial charge in [0.1, 0.15) is 12.7 Å². The fraction of sp³-hybridized carbons (Fsp3) is 0.200. The highest BCUT2D eigenvalue weighted by Gasteiger charge is 2.15. The molecule has 0 saturated heterocycles. The van der Waals surface area contributed by atoms with Crippen molar-refractivity contribution in [2.75, 3.05) is 43.1 Å². The molecule has 0 atom stereocenters. The molecule has 4 aromatic rings. The average molecular weight is 490 g/mol. The minimum atomic E-state index is -0.271. The Hall–Kier alpha value is -4.02. The lowest BCUT2D eigenvalue weighted by Crippen LogP contribution is -2.20. The van der Waals surface area contributed by atoms with Gasteiger partial charge in [0.25, 0.3) is 11.8 Å². The van der Waals surface area contributed by atoms with E-state index >= 15 is 0 Å². The molecule has 0 aliphatic carbocycles. The van der Waals surface area contributed by atoms with Gasteiger partial charge in [-0.25, -0.2) is 9.67 Å². The molecular formula is C25H27N7O2S. The van der Waals surface area contributed by atoms with Crippen LogP contribution < -0.4 is 16.0 Å². The maximum absolute atomic E-state index is 12.8. The molecule has 0 spiro atoms. The van der Waals surface area contributed by atoms with Crippen LogP contribution in [0.15, 0.2) is 67.3 Å². The predicted molar refractivity (Wildman–Crippen MR) is 140 cm³/mol. The molecule has 35 heavy (non-hydrogen) atoms. The third-order valence-electron chi connectivity index (χ3n) is 5.22. The van der Waals surface area contributed by atoms with Gasteiger partial charge in [0, 0.05) is 30.2 Å². The van der Waals surface area contributed by atoms with E-state index in [1.807, 2.05) is 51.4 Å². The van der Waals surface area contributed by atoms with E-state index in [0.717, 1.165) is 47.1 Å². The molecule has 10 heteroatoms. The van der Waals surface area contributed by atoms with E-state index in [1.54, 1.807) is 35.3 Å². The molecule has 3 N–H and O–H groups in total. The van der Waals surface area contributed by atoms with E-state index in [9.17, 15) is 9.59 Å². The van der Waals surface area contributed by atoms with Crippen molar-refractivity contribution in [2.45, 2.75) is 6.92 Å². The first-order valence-electron chi connectivity index (χ1n) is 11.1. The zero-order chi connectivity index (χ0) is 24.8. The minimum Gasteiger partial charge on any atom is -0.384 e. The average Bonchev–Trinajstić information content (AvgIpc) is 3.54. The first kappa shape index (κ1) is 24.1. The lowest BCUT2D eigenvalue weighted by atomic mass is 10.1. The van der Waals surface area contributed by atoms with Crippen LogP contribution >= 0.6 is 11.3 Å². The molecule has 2 aromatic carbocycles. The summed E-state index contributed by atoms with van der Waals surface area (Å²) in [5.74, 6) is -0.519. The van der Waals surface area contributed by atoms with Crippen LogP contribution in [0.4, 0.5) is 17.1 Å². The maximum Gasteiger partial charge on any atom is 0.265 e. The van der Waals surface area contributed by atoms with Gasteiger partial charge in [-0.1, -0.05) is 0 Å². The Morgan fingerprint density at radius 3 is 2.26 bits per heavy atom. The third-order valence-corrected chi connectivity index (χ3v) is 6.31. The van der Waals surface area contributed by atoms with Gasteiger partial charge >= 0.3 is 0 Å². The van der Waals surface area contributed by atoms with Gasteiger partial charge in [-0.05, 0) is 81.2 Å². The summed E-state index contributed by atoms with van der Waals surface area (Å²) < 4.78 is 1.63. The third kappa shape index (κ3) is 6.31. The topological polar surface area (TPSA) is 104 Å². The van der Waals surface area contributed by atoms with Crippen LogP contribution in [0.25, 0.3) is 5.69 Å². The molecule has 9 nitrogen and oxygen atoms in total. The highest BCUT2D eigenvalue weighted by atomic mass is 32.1. The number of carbonyl (C=O) groups is 2. The van der Waals surface area contributed by atoms with Crippen LogP contribution in [0.1, 0.15) is 24.9 Å². The lowest BCUT2D eigenvalue weighted by molar-refractivity contribution is 0.102. The summed E-state index contributed by atoms with van der Waals surface area (Å²) in [5.41, 5.74) is 4.18. The second-order valence-electron chi connectivity index (χ2n) is 8.22. The predicted octanol–water partition coefficient (Wildman–Crippen LogP) is 4.12. The van der Waals surface area contributed by atoms with Gasteiger partial charge < -0.3 is 20.9 Å². The zero-order valence-electron chi connectivity index (χ0n) is 19.8. The number of nitrogens with zero attached hydrogens (tertiary/aromatic N) is 4. The number of aryl methyl sites for hydroxylation is 1. The highest BCUT2D eigenvalue weighted by molar-refractivity contribution is 7.16. The Labute approximate surface area is 207 Å². The first-order chi connectivity index (χ1) is 16.9. The van der Waals surface area contributed by atoms with Crippen molar-refractivity contribution in [2.24, 2.45) is 0 Å². The molecule has 0 bridgehead atoms. The van der Waals surface area contributed by atoms with Gasteiger partial charge in [-0.3, -0.25) is 9.59 Å². The van der Waals surface area contributed by atoms with Gasteiger partial charge in [0.15, 0.2) is 0 Å². The molecule has 0 aliphatic heterocycles. The molecule has 2 heterocycles. The number of rotatable bonds is 9. The van der Waals surface area contributed by atoms with Crippen LogP contribution in [0.3, 0.4) is 0 Å². The Morgan fingerprint density at radius 2 is 1.63 bits per heavy atom. The van der Waals surface area contributed by atoms with Crippen molar-refractivity contribution >= 4 is 40.2 Å². The summed E-state index contributed by atoms with van der Waals surface area (Å²) in [4.78, 5) is 32.4. The summed E-state index contributed by atoms with van der Waals surface area (Å²) in [6, 6.07) is 16.4. The van der Waals surface area contributed by atoms with Crippen molar-refractivity contribution in [1.29, 1.82) is 0 Å². The molecule has 0 radical (unpaired) electrons. The number of benzene rings is 2. The first-order valence-corrected chi connectivity index (χ1v) is 11.9. The van der Waals surface area contributed by atoms with Crippen molar-refractivity contribution in [3.8, 4) is 5.69 Å². The van der Waals surface area contributed by atoms with Crippen LogP contribution in [-0.4, -0.2) is 58.7 Å².